The molecule has 1 rings (SSSR count). The van der Waals surface area contributed by atoms with Crippen LogP contribution >= 0.6 is 0 Å². The third-order valence-corrected chi connectivity index (χ3v) is 2.78. The van der Waals surface area contributed by atoms with Gasteiger partial charge in [0.25, 0.3) is 0 Å². The van der Waals surface area contributed by atoms with Crippen molar-refractivity contribution in [1.29, 1.82) is 0 Å². The fraction of sp³-hybridized carbons (Fsp3) is 0.769. The number of carboxylic acid groups (broad SMARTS) is 1. The molecule has 0 radical (unpaired) electrons. The van der Waals surface area contributed by atoms with E-state index in [1.165, 1.54) is 25.7 Å². The Labute approximate surface area is 108 Å². The van der Waals surface area contributed by atoms with Crippen LogP contribution in [-0.4, -0.2) is 21.3 Å². The zero-order chi connectivity index (χ0) is 13.2. The molecule has 0 aliphatic carbocycles. The molecule has 0 spiro atoms. The van der Waals surface area contributed by atoms with E-state index in [1.807, 2.05) is 0 Å². The number of rotatable bonds is 10. The highest BCUT2D eigenvalue weighted by atomic mass is 16.4. The number of unbranched alkanes of at least 4 members (excludes halogenated alkanes) is 4. The highest BCUT2D eigenvalue weighted by molar-refractivity contribution is 5.66. The zero-order valence-electron chi connectivity index (χ0n) is 11.0. The SMILES string of the molecule is CCCCCCCc1nnc(CCCC(=O)O)o1. The van der Waals surface area contributed by atoms with Crippen LogP contribution in [0.2, 0.25) is 0 Å². The first kappa shape index (κ1) is 14.7. The molecule has 1 N–H and O–H groups in total. The molecule has 0 bridgehead atoms. The number of hydrogen-bond acceptors (Lipinski definition) is 4. The van der Waals surface area contributed by atoms with E-state index in [4.69, 9.17) is 9.52 Å². The lowest BCUT2D eigenvalue weighted by Gasteiger charge is -1.96. The van der Waals surface area contributed by atoms with Crippen molar-refractivity contribution < 1.29 is 14.3 Å². The van der Waals surface area contributed by atoms with Crippen LogP contribution in [0.5, 0.6) is 0 Å². The van der Waals surface area contributed by atoms with Crippen molar-refractivity contribution in [2.24, 2.45) is 0 Å². The molecular formula is C13H22N2O3. The molecule has 102 valence electrons. The summed E-state index contributed by atoms with van der Waals surface area (Å²) in [7, 11) is 0. The second-order valence-electron chi connectivity index (χ2n) is 4.50. The molecular weight excluding hydrogens is 232 g/mol. The predicted octanol–water partition coefficient (Wildman–Crippen LogP) is 2.99. The van der Waals surface area contributed by atoms with E-state index < -0.39 is 5.97 Å². The number of hydrogen-bond donors (Lipinski definition) is 1. The van der Waals surface area contributed by atoms with Crippen molar-refractivity contribution in [3.05, 3.63) is 11.8 Å². The summed E-state index contributed by atoms with van der Waals surface area (Å²) in [6.45, 7) is 2.20. The minimum atomic E-state index is -0.786. The quantitative estimate of drug-likeness (QED) is 0.649. The smallest absolute Gasteiger partial charge is 0.303 e. The van der Waals surface area contributed by atoms with Crippen LogP contribution in [0.15, 0.2) is 4.42 Å². The van der Waals surface area contributed by atoms with E-state index in [0.29, 0.717) is 24.6 Å². The van der Waals surface area contributed by atoms with Crippen LogP contribution in [0, 0.1) is 0 Å². The van der Waals surface area contributed by atoms with Gasteiger partial charge in [-0.05, 0) is 12.8 Å². The number of nitrogens with zero attached hydrogens (tertiary/aromatic N) is 2. The number of carboxylic acids is 1. The lowest BCUT2D eigenvalue weighted by atomic mass is 10.1. The van der Waals surface area contributed by atoms with Gasteiger partial charge in [0.2, 0.25) is 11.8 Å². The molecule has 5 heteroatoms. The van der Waals surface area contributed by atoms with Gasteiger partial charge in [-0.25, -0.2) is 0 Å². The van der Waals surface area contributed by atoms with Crippen LogP contribution < -0.4 is 0 Å². The van der Waals surface area contributed by atoms with E-state index in [9.17, 15) is 4.79 Å². The van der Waals surface area contributed by atoms with Crippen LogP contribution in [0.4, 0.5) is 0 Å². The molecule has 0 aliphatic rings. The second-order valence-corrected chi connectivity index (χ2v) is 4.50. The normalized spacial score (nSPS) is 10.7. The number of carbonyl (C=O) groups is 1. The van der Waals surface area contributed by atoms with Gasteiger partial charge < -0.3 is 9.52 Å². The van der Waals surface area contributed by atoms with Crippen molar-refractivity contribution in [2.75, 3.05) is 0 Å². The molecule has 0 aromatic carbocycles. The summed E-state index contributed by atoms with van der Waals surface area (Å²) in [6, 6.07) is 0. The van der Waals surface area contributed by atoms with E-state index >= 15 is 0 Å². The highest BCUT2D eigenvalue weighted by Crippen LogP contribution is 2.09. The highest BCUT2D eigenvalue weighted by Gasteiger charge is 2.06. The van der Waals surface area contributed by atoms with Crippen LogP contribution in [-0.2, 0) is 17.6 Å². The van der Waals surface area contributed by atoms with Gasteiger partial charge in [0.1, 0.15) is 0 Å². The number of aryl methyl sites for hydroxylation is 2. The molecule has 0 saturated carbocycles. The Morgan fingerprint density at radius 2 is 1.67 bits per heavy atom. The summed E-state index contributed by atoms with van der Waals surface area (Å²) in [5.41, 5.74) is 0. The van der Waals surface area contributed by atoms with Gasteiger partial charge in [-0.15, -0.1) is 10.2 Å². The van der Waals surface area contributed by atoms with Crippen molar-refractivity contribution in [3.63, 3.8) is 0 Å². The Morgan fingerprint density at radius 1 is 1.06 bits per heavy atom. The molecule has 0 fully saturated rings. The molecule has 0 unspecified atom stereocenters. The predicted molar refractivity (Wildman–Crippen MR) is 67.3 cm³/mol. The summed E-state index contributed by atoms with van der Waals surface area (Å²) < 4.78 is 5.46. The zero-order valence-corrected chi connectivity index (χ0v) is 11.0. The van der Waals surface area contributed by atoms with Gasteiger partial charge in [0, 0.05) is 19.3 Å². The monoisotopic (exact) mass is 254 g/mol. The Bertz CT molecular complexity index is 350. The molecule has 18 heavy (non-hydrogen) atoms. The second kappa shape index (κ2) is 8.66. The van der Waals surface area contributed by atoms with Gasteiger partial charge in [0.15, 0.2) is 0 Å². The Balaban J connectivity index is 2.15. The van der Waals surface area contributed by atoms with Crippen molar-refractivity contribution in [1.82, 2.24) is 10.2 Å². The first-order valence-electron chi connectivity index (χ1n) is 6.75. The lowest BCUT2D eigenvalue weighted by Crippen LogP contribution is -1.95. The topological polar surface area (TPSA) is 76.2 Å². The molecule has 1 heterocycles. The summed E-state index contributed by atoms with van der Waals surface area (Å²) in [5.74, 6) is 0.447. The maximum absolute atomic E-state index is 10.4. The van der Waals surface area contributed by atoms with E-state index in [2.05, 4.69) is 17.1 Å². The molecule has 0 atom stereocenters. The summed E-state index contributed by atoms with van der Waals surface area (Å²) in [4.78, 5) is 10.4. The van der Waals surface area contributed by atoms with Crippen molar-refractivity contribution in [2.45, 2.75) is 64.7 Å². The molecule has 0 amide bonds. The molecule has 0 aliphatic heterocycles. The standard InChI is InChI=1S/C13H22N2O3/c1-2-3-4-5-6-8-11-14-15-12(18-11)9-7-10-13(16)17/h2-10H2,1H3,(H,16,17). The first-order valence-corrected chi connectivity index (χ1v) is 6.75. The molecule has 5 nitrogen and oxygen atoms in total. The number of aromatic nitrogens is 2. The minimum absolute atomic E-state index is 0.148. The lowest BCUT2D eigenvalue weighted by molar-refractivity contribution is -0.137. The minimum Gasteiger partial charge on any atom is -0.481 e. The Hall–Kier alpha value is -1.39. The van der Waals surface area contributed by atoms with Crippen LogP contribution in [0.25, 0.3) is 0 Å². The maximum Gasteiger partial charge on any atom is 0.303 e. The van der Waals surface area contributed by atoms with Gasteiger partial charge in [-0.2, -0.15) is 0 Å². The number of aliphatic carboxylic acids is 1. The third kappa shape index (κ3) is 6.37. The van der Waals surface area contributed by atoms with E-state index in [0.717, 1.165) is 12.8 Å². The molecule has 1 aromatic heterocycles. The van der Waals surface area contributed by atoms with Crippen LogP contribution in [0.3, 0.4) is 0 Å². The Morgan fingerprint density at radius 3 is 2.28 bits per heavy atom. The van der Waals surface area contributed by atoms with E-state index in [1.54, 1.807) is 0 Å². The van der Waals surface area contributed by atoms with Crippen LogP contribution in [0.1, 0.15) is 63.7 Å². The van der Waals surface area contributed by atoms with Crippen molar-refractivity contribution >= 4 is 5.97 Å². The van der Waals surface area contributed by atoms with Gasteiger partial charge >= 0.3 is 5.97 Å². The fourth-order valence-electron chi connectivity index (χ4n) is 1.76. The summed E-state index contributed by atoms with van der Waals surface area (Å²) in [6.07, 6.45) is 8.14. The fourth-order valence-corrected chi connectivity index (χ4v) is 1.76. The summed E-state index contributed by atoms with van der Waals surface area (Å²) >= 11 is 0. The maximum atomic E-state index is 10.4. The van der Waals surface area contributed by atoms with Gasteiger partial charge in [0.05, 0.1) is 0 Å². The average molecular weight is 254 g/mol. The molecule has 1 aromatic rings. The van der Waals surface area contributed by atoms with Gasteiger partial charge in [-0.3, -0.25) is 4.79 Å². The van der Waals surface area contributed by atoms with Gasteiger partial charge in [-0.1, -0.05) is 32.6 Å². The third-order valence-electron chi connectivity index (χ3n) is 2.78. The molecule has 0 saturated heterocycles. The van der Waals surface area contributed by atoms with Crippen molar-refractivity contribution in [3.8, 4) is 0 Å². The first-order chi connectivity index (χ1) is 8.72. The largest absolute Gasteiger partial charge is 0.481 e. The summed E-state index contributed by atoms with van der Waals surface area (Å²) in [5, 5.41) is 16.4. The average Bonchev–Trinajstić information content (AvgIpc) is 2.76. The van der Waals surface area contributed by atoms with E-state index in [-0.39, 0.29) is 6.42 Å². The Kier molecular flexibility index (Phi) is 7.06.